The van der Waals surface area contributed by atoms with Crippen LogP contribution in [0.4, 0.5) is 0 Å². The van der Waals surface area contributed by atoms with Crippen LogP contribution in [0.1, 0.15) is 0 Å². The number of carbonyl (C=O) groups excluding carboxylic acids is 1. The predicted octanol–water partition coefficient (Wildman–Crippen LogP) is -1.18. The van der Waals surface area contributed by atoms with Crippen LogP contribution >= 0.6 is 0 Å². The Balaban J connectivity index is 2.16. The SMILES string of the molecule is O=C1NCCN2NC=CC12. The molecule has 1 amide bonds. The molecule has 1 unspecified atom stereocenters. The van der Waals surface area contributed by atoms with Gasteiger partial charge in [-0.3, -0.25) is 4.79 Å². The summed E-state index contributed by atoms with van der Waals surface area (Å²) in [5.41, 5.74) is 2.98. The Morgan fingerprint density at radius 1 is 1.70 bits per heavy atom. The lowest BCUT2D eigenvalue weighted by Gasteiger charge is -2.28. The number of rotatable bonds is 0. The molecule has 0 bridgehead atoms. The van der Waals surface area contributed by atoms with Crippen LogP contribution in [0.3, 0.4) is 0 Å². The largest absolute Gasteiger partial charge is 0.353 e. The molecule has 0 spiro atoms. The molecule has 4 heteroatoms. The Bertz CT molecular complexity index is 189. The van der Waals surface area contributed by atoms with Crippen LogP contribution in [0.25, 0.3) is 0 Å². The smallest absolute Gasteiger partial charge is 0.243 e. The Hall–Kier alpha value is -1.03. The third kappa shape index (κ3) is 0.690. The summed E-state index contributed by atoms with van der Waals surface area (Å²) in [6, 6.07) is -0.0752. The summed E-state index contributed by atoms with van der Waals surface area (Å²) in [7, 11) is 0. The van der Waals surface area contributed by atoms with Crippen LogP contribution in [-0.4, -0.2) is 30.0 Å². The molecule has 1 atom stereocenters. The van der Waals surface area contributed by atoms with Gasteiger partial charge < -0.3 is 10.7 Å². The second kappa shape index (κ2) is 1.98. The van der Waals surface area contributed by atoms with Crippen molar-refractivity contribution in [1.29, 1.82) is 0 Å². The maximum absolute atomic E-state index is 11.0. The number of hydrazine groups is 1. The van der Waals surface area contributed by atoms with Crippen molar-refractivity contribution < 1.29 is 4.79 Å². The van der Waals surface area contributed by atoms with E-state index in [0.717, 1.165) is 13.1 Å². The molecule has 0 aromatic rings. The molecule has 2 aliphatic rings. The molecule has 0 saturated carbocycles. The van der Waals surface area contributed by atoms with Gasteiger partial charge in [0.15, 0.2) is 0 Å². The molecule has 2 N–H and O–H groups in total. The average molecular weight is 139 g/mol. The summed E-state index contributed by atoms with van der Waals surface area (Å²) in [6.07, 6.45) is 3.66. The standard InChI is InChI=1S/C6H9N3O/c10-6-5-1-2-8-9(5)4-3-7-6/h1-2,5,8H,3-4H2,(H,7,10). The number of hydrogen-bond donors (Lipinski definition) is 2. The first kappa shape index (κ1) is 5.73. The van der Waals surface area contributed by atoms with E-state index in [0.29, 0.717) is 0 Å². The summed E-state index contributed by atoms with van der Waals surface area (Å²) in [5, 5.41) is 4.70. The zero-order valence-electron chi connectivity index (χ0n) is 5.50. The van der Waals surface area contributed by atoms with E-state index in [1.54, 1.807) is 6.20 Å². The lowest BCUT2D eigenvalue weighted by molar-refractivity contribution is -0.127. The van der Waals surface area contributed by atoms with Gasteiger partial charge in [0.1, 0.15) is 6.04 Å². The monoisotopic (exact) mass is 139 g/mol. The second-order valence-electron chi connectivity index (χ2n) is 2.42. The van der Waals surface area contributed by atoms with Gasteiger partial charge in [-0.05, 0) is 6.08 Å². The zero-order valence-corrected chi connectivity index (χ0v) is 5.50. The Labute approximate surface area is 58.9 Å². The average Bonchev–Trinajstić information content (AvgIpc) is 2.36. The third-order valence-electron chi connectivity index (χ3n) is 1.78. The fraction of sp³-hybridized carbons (Fsp3) is 0.500. The van der Waals surface area contributed by atoms with Gasteiger partial charge >= 0.3 is 0 Å². The summed E-state index contributed by atoms with van der Waals surface area (Å²) < 4.78 is 0. The van der Waals surface area contributed by atoms with E-state index in [2.05, 4.69) is 10.7 Å². The highest BCUT2D eigenvalue weighted by Crippen LogP contribution is 2.06. The van der Waals surface area contributed by atoms with Crippen molar-refractivity contribution in [3.05, 3.63) is 12.3 Å². The maximum atomic E-state index is 11.0. The van der Waals surface area contributed by atoms with Crippen molar-refractivity contribution in [3.63, 3.8) is 0 Å². The van der Waals surface area contributed by atoms with Gasteiger partial charge in [0.05, 0.1) is 0 Å². The number of carbonyl (C=O) groups is 1. The van der Waals surface area contributed by atoms with Gasteiger partial charge in [0, 0.05) is 19.3 Å². The molecule has 2 aliphatic heterocycles. The fourth-order valence-corrected chi connectivity index (χ4v) is 1.25. The highest BCUT2D eigenvalue weighted by atomic mass is 16.2. The van der Waals surface area contributed by atoms with Gasteiger partial charge in [-0.15, -0.1) is 0 Å². The molecule has 54 valence electrons. The lowest BCUT2D eigenvalue weighted by Crippen LogP contribution is -2.55. The Kier molecular flexibility index (Phi) is 1.14. The van der Waals surface area contributed by atoms with E-state index in [1.807, 2.05) is 11.1 Å². The third-order valence-corrected chi connectivity index (χ3v) is 1.78. The number of nitrogens with one attached hydrogen (secondary N) is 2. The fourth-order valence-electron chi connectivity index (χ4n) is 1.25. The lowest BCUT2D eigenvalue weighted by atomic mass is 10.2. The van der Waals surface area contributed by atoms with Gasteiger partial charge in [-0.25, -0.2) is 5.01 Å². The van der Waals surface area contributed by atoms with E-state index < -0.39 is 0 Å². The highest BCUT2D eigenvalue weighted by Gasteiger charge is 2.29. The second-order valence-corrected chi connectivity index (χ2v) is 2.42. The molecule has 0 aliphatic carbocycles. The highest BCUT2D eigenvalue weighted by molar-refractivity contribution is 5.84. The molecule has 0 aromatic heterocycles. The van der Waals surface area contributed by atoms with Crippen molar-refractivity contribution in [1.82, 2.24) is 15.8 Å². The number of amides is 1. The summed E-state index contributed by atoms with van der Waals surface area (Å²) in [5.74, 6) is 0.0903. The van der Waals surface area contributed by atoms with Crippen molar-refractivity contribution in [2.75, 3.05) is 13.1 Å². The van der Waals surface area contributed by atoms with Crippen LogP contribution in [0, 0.1) is 0 Å². The minimum absolute atomic E-state index is 0.0752. The molecule has 0 radical (unpaired) electrons. The van der Waals surface area contributed by atoms with Gasteiger partial charge in [0.2, 0.25) is 5.91 Å². The van der Waals surface area contributed by atoms with E-state index in [9.17, 15) is 4.79 Å². The van der Waals surface area contributed by atoms with Crippen molar-refractivity contribution in [2.45, 2.75) is 6.04 Å². The quantitative estimate of drug-likeness (QED) is 0.444. The molecule has 2 heterocycles. The van der Waals surface area contributed by atoms with E-state index in [-0.39, 0.29) is 11.9 Å². The van der Waals surface area contributed by atoms with Crippen LogP contribution in [0.5, 0.6) is 0 Å². The molecule has 0 aromatic carbocycles. The van der Waals surface area contributed by atoms with Gasteiger partial charge in [0.25, 0.3) is 0 Å². The number of nitrogens with zero attached hydrogens (tertiary/aromatic N) is 1. The van der Waals surface area contributed by atoms with Crippen molar-refractivity contribution >= 4 is 5.91 Å². The predicted molar refractivity (Wildman–Crippen MR) is 35.8 cm³/mol. The number of fused-ring (bicyclic) bond motifs is 1. The minimum atomic E-state index is -0.0752. The topological polar surface area (TPSA) is 44.4 Å². The first-order chi connectivity index (χ1) is 4.88. The normalized spacial score (nSPS) is 31.2. The molecule has 1 saturated heterocycles. The van der Waals surface area contributed by atoms with Crippen molar-refractivity contribution in [3.8, 4) is 0 Å². The maximum Gasteiger partial charge on any atom is 0.243 e. The molecule has 4 nitrogen and oxygen atoms in total. The van der Waals surface area contributed by atoms with Gasteiger partial charge in [-0.2, -0.15) is 0 Å². The molecule has 10 heavy (non-hydrogen) atoms. The molecule has 2 rings (SSSR count). The van der Waals surface area contributed by atoms with E-state index in [1.165, 1.54) is 0 Å². The summed E-state index contributed by atoms with van der Waals surface area (Å²) >= 11 is 0. The van der Waals surface area contributed by atoms with Crippen molar-refractivity contribution in [2.24, 2.45) is 0 Å². The van der Waals surface area contributed by atoms with E-state index >= 15 is 0 Å². The summed E-state index contributed by atoms with van der Waals surface area (Å²) in [6.45, 7) is 1.62. The Morgan fingerprint density at radius 3 is 3.40 bits per heavy atom. The van der Waals surface area contributed by atoms with E-state index in [4.69, 9.17) is 0 Å². The zero-order chi connectivity index (χ0) is 6.97. The Morgan fingerprint density at radius 2 is 2.60 bits per heavy atom. The summed E-state index contributed by atoms with van der Waals surface area (Å²) in [4.78, 5) is 11.0. The van der Waals surface area contributed by atoms with Crippen LogP contribution in [-0.2, 0) is 4.79 Å². The minimum Gasteiger partial charge on any atom is -0.353 e. The van der Waals surface area contributed by atoms with Gasteiger partial charge in [-0.1, -0.05) is 0 Å². The molecular weight excluding hydrogens is 130 g/mol. The number of hydrogen-bond acceptors (Lipinski definition) is 3. The first-order valence-corrected chi connectivity index (χ1v) is 3.35. The molecule has 1 fully saturated rings. The molecular formula is C6H9N3O. The first-order valence-electron chi connectivity index (χ1n) is 3.35. The van der Waals surface area contributed by atoms with Crippen LogP contribution < -0.4 is 10.7 Å². The van der Waals surface area contributed by atoms with Crippen LogP contribution in [0.2, 0.25) is 0 Å². The van der Waals surface area contributed by atoms with Crippen LogP contribution in [0.15, 0.2) is 12.3 Å². The number of piperazine rings is 1.